The van der Waals surface area contributed by atoms with E-state index in [2.05, 4.69) is 35.6 Å². The Morgan fingerprint density at radius 3 is 2.67 bits per heavy atom. The van der Waals surface area contributed by atoms with E-state index in [1.807, 2.05) is 0 Å². The third-order valence-corrected chi connectivity index (χ3v) is 2.38. The Bertz CT molecular complexity index is 327. The molecule has 0 fully saturated rings. The van der Waals surface area contributed by atoms with Gasteiger partial charge in [-0.05, 0) is 12.8 Å². The molecule has 2 N–H and O–H groups in total. The van der Waals surface area contributed by atoms with Crippen LogP contribution in [0.4, 0.5) is 11.5 Å². The van der Waals surface area contributed by atoms with E-state index in [1.54, 1.807) is 0 Å². The van der Waals surface area contributed by atoms with E-state index in [-0.39, 0.29) is 0 Å². The Morgan fingerprint density at radius 1 is 1.47 bits per heavy atom. The van der Waals surface area contributed by atoms with Gasteiger partial charge in [-0.25, -0.2) is 9.97 Å². The summed E-state index contributed by atoms with van der Waals surface area (Å²) in [5, 5.41) is 0.321. The monoisotopic (exact) mass is 228 g/mol. The lowest BCUT2D eigenvalue weighted by atomic mass is 10.2. The summed E-state index contributed by atoms with van der Waals surface area (Å²) < 4.78 is 0. The van der Waals surface area contributed by atoms with Crippen molar-refractivity contribution in [3.05, 3.63) is 11.5 Å². The SMILES string of the molecule is CCN(CC(C)C)c1ncnc(Cl)c1N. The molecular formula is C10H17ClN4. The molecule has 0 spiro atoms. The fourth-order valence-electron chi connectivity index (χ4n) is 1.42. The number of anilines is 2. The normalized spacial score (nSPS) is 10.7. The number of aromatic nitrogens is 2. The summed E-state index contributed by atoms with van der Waals surface area (Å²) >= 11 is 5.85. The largest absolute Gasteiger partial charge is 0.393 e. The van der Waals surface area contributed by atoms with Crippen molar-refractivity contribution < 1.29 is 0 Å². The Labute approximate surface area is 95.5 Å². The van der Waals surface area contributed by atoms with Gasteiger partial charge in [-0.2, -0.15) is 0 Å². The molecule has 1 rings (SSSR count). The predicted octanol–water partition coefficient (Wildman–Crippen LogP) is 2.19. The van der Waals surface area contributed by atoms with Crippen LogP contribution in [0.2, 0.25) is 5.15 Å². The molecule has 0 aliphatic heterocycles. The molecule has 1 heterocycles. The van der Waals surface area contributed by atoms with Crippen molar-refractivity contribution in [3.8, 4) is 0 Å². The first-order chi connectivity index (χ1) is 7.06. The number of nitrogens with two attached hydrogens (primary N) is 1. The van der Waals surface area contributed by atoms with Crippen LogP contribution >= 0.6 is 11.6 Å². The minimum atomic E-state index is 0.321. The summed E-state index contributed by atoms with van der Waals surface area (Å²) in [6.07, 6.45) is 1.44. The van der Waals surface area contributed by atoms with E-state index in [0.717, 1.165) is 18.9 Å². The van der Waals surface area contributed by atoms with Gasteiger partial charge in [0.25, 0.3) is 0 Å². The number of hydrogen-bond donors (Lipinski definition) is 1. The van der Waals surface area contributed by atoms with Crippen molar-refractivity contribution in [2.45, 2.75) is 20.8 Å². The highest BCUT2D eigenvalue weighted by Gasteiger charge is 2.13. The highest BCUT2D eigenvalue weighted by Crippen LogP contribution is 2.25. The summed E-state index contributed by atoms with van der Waals surface area (Å²) in [5.74, 6) is 1.28. The maximum Gasteiger partial charge on any atom is 0.157 e. The molecule has 0 radical (unpaired) electrons. The van der Waals surface area contributed by atoms with Crippen LogP contribution in [-0.4, -0.2) is 23.1 Å². The van der Waals surface area contributed by atoms with Crippen molar-refractivity contribution in [3.63, 3.8) is 0 Å². The smallest absolute Gasteiger partial charge is 0.157 e. The molecule has 0 unspecified atom stereocenters. The van der Waals surface area contributed by atoms with E-state index in [1.165, 1.54) is 6.33 Å². The van der Waals surface area contributed by atoms with Gasteiger partial charge in [0, 0.05) is 13.1 Å². The molecule has 0 amide bonds. The van der Waals surface area contributed by atoms with Crippen LogP contribution in [0, 0.1) is 5.92 Å². The third-order valence-electron chi connectivity index (χ3n) is 2.08. The number of nitrogen functional groups attached to an aromatic ring is 1. The zero-order chi connectivity index (χ0) is 11.4. The molecule has 0 aromatic carbocycles. The Balaban J connectivity index is 2.96. The van der Waals surface area contributed by atoms with Crippen LogP contribution < -0.4 is 10.6 Å². The van der Waals surface area contributed by atoms with Crippen molar-refractivity contribution in [2.75, 3.05) is 23.7 Å². The minimum Gasteiger partial charge on any atom is -0.393 e. The van der Waals surface area contributed by atoms with Crippen LogP contribution in [0.25, 0.3) is 0 Å². The Kier molecular flexibility index (Phi) is 4.15. The van der Waals surface area contributed by atoms with E-state index >= 15 is 0 Å². The van der Waals surface area contributed by atoms with Crippen LogP contribution in [0.3, 0.4) is 0 Å². The van der Waals surface area contributed by atoms with Crippen molar-refractivity contribution in [1.82, 2.24) is 9.97 Å². The molecule has 0 atom stereocenters. The van der Waals surface area contributed by atoms with Crippen LogP contribution in [-0.2, 0) is 0 Å². The highest BCUT2D eigenvalue weighted by atomic mass is 35.5. The molecule has 15 heavy (non-hydrogen) atoms. The summed E-state index contributed by atoms with van der Waals surface area (Å²) in [4.78, 5) is 10.1. The zero-order valence-electron chi connectivity index (χ0n) is 9.37. The van der Waals surface area contributed by atoms with E-state index in [9.17, 15) is 0 Å². The molecule has 1 aromatic rings. The third kappa shape index (κ3) is 2.96. The number of halogens is 1. The molecule has 4 nitrogen and oxygen atoms in total. The zero-order valence-corrected chi connectivity index (χ0v) is 10.1. The predicted molar refractivity (Wildman–Crippen MR) is 64.2 cm³/mol. The fraction of sp³-hybridized carbons (Fsp3) is 0.600. The van der Waals surface area contributed by atoms with Crippen molar-refractivity contribution in [2.24, 2.45) is 5.92 Å². The van der Waals surface area contributed by atoms with Crippen LogP contribution in [0.5, 0.6) is 0 Å². The highest BCUT2D eigenvalue weighted by molar-refractivity contribution is 6.32. The van der Waals surface area contributed by atoms with Crippen LogP contribution in [0.1, 0.15) is 20.8 Å². The quantitative estimate of drug-likeness (QED) is 0.803. The van der Waals surface area contributed by atoms with Gasteiger partial charge in [0.1, 0.15) is 12.0 Å². The van der Waals surface area contributed by atoms with E-state index < -0.39 is 0 Å². The second-order valence-corrected chi connectivity index (χ2v) is 4.19. The maximum atomic E-state index is 5.85. The molecule has 1 aromatic heterocycles. The minimum absolute atomic E-state index is 0.321. The molecule has 0 aliphatic rings. The first-order valence-corrected chi connectivity index (χ1v) is 5.45. The van der Waals surface area contributed by atoms with Gasteiger partial charge in [0.2, 0.25) is 0 Å². The molecule has 5 heteroatoms. The first-order valence-electron chi connectivity index (χ1n) is 5.07. The lowest BCUT2D eigenvalue weighted by Gasteiger charge is -2.25. The van der Waals surface area contributed by atoms with Gasteiger partial charge in [-0.15, -0.1) is 0 Å². The van der Waals surface area contributed by atoms with Gasteiger partial charge in [-0.1, -0.05) is 25.4 Å². The first kappa shape index (κ1) is 12.0. The Hall–Kier alpha value is -1.03. The maximum absolute atomic E-state index is 5.85. The lowest BCUT2D eigenvalue weighted by molar-refractivity contribution is 0.614. The summed E-state index contributed by atoms with van der Waals surface area (Å²) in [7, 11) is 0. The molecule has 0 bridgehead atoms. The molecular weight excluding hydrogens is 212 g/mol. The van der Waals surface area contributed by atoms with Gasteiger partial charge >= 0.3 is 0 Å². The number of hydrogen-bond acceptors (Lipinski definition) is 4. The van der Waals surface area contributed by atoms with Crippen molar-refractivity contribution in [1.29, 1.82) is 0 Å². The fourth-order valence-corrected chi connectivity index (χ4v) is 1.55. The summed E-state index contributed by atoms with van der Waals surface area (Å²) in [6, 6.07) is 0. The average Bonchev–Trinajstić information content (AvgIpc) is 2.19. The topological polar surface area (TPSA) is 55.0 Å². The number of nitrogens with zero attached hydrogens (tertiary/aromatic N) is 3. The molecule has 0 saturated heterocycles. The van der Waals surface area contributed by atoms with Gasteiger partial charge in [-0.3, -0.25) is 0 Å². The second kappa shape index (κ2) is 5.16. The molecule has 0 saturated carbocycles. The van der Waals surface area contributed by atoms with Gasteiger partial charge in [0.05, 0.1) is 0 Å². The van der Waals surface area contributed by atoms with Crippen LogP contribution in [0.15, 0.2) is 6.33 Å². The van der Waals surface area contributed by atoms with E-state index in [0.29, 0.717) is 16.8 Å². The van der Waals surface area contributed by atoms with Crippen molar-refractivity contribution >= 4 is 23.1 Å². The molecule has 84 valence electrons. The van der Waals surface area contributed by atoms with Gasteiger partial charge in [0.15, 0.2) is 11.0 Å². The number of rotatable bonds is 4. The second-order valence-electron chi connectivity index (χ2n) is 3.83. The van der Waals surface area contributed by atoms with Gasteiger partial charge < -0.3 is 10.6 Å². The summed E-state index contributed by atoms with van der Waals surface area (Å²) in [5.41, 5.74) is 6.30. The average molecular weight is 229 g/mol. The lowest BCUT2D eigenvalue weighted by Crippen LogP contribution is -2.29. The standard InChI is InChI=1S/C10H17ClN4/c1-4-15(5-7(2)3)10-8(12)9(11)13-6-14-10/h6-7H,4-5,12H2,1-3H3. The molecule has 0 aliphatic carbocycles. The van der Waals surface area contributed by atoms with E-state index in [4.69, 9.17) is 17.3 Å². The Morgan fingerprint density at radius 2 is 2.13 bits per heavy atom. The summed E-state index contributed by atoms with van der Waals surface area (Å²) in [6.45, 7) is 8.14.